The highest BCUT2D eigenvalue weighted by molar-refractivity contribution is 9.10. The van der Waals surface area contributed by atoms with Crippen LogP contribution in [0.5, 0.6) is 0 Å². The third-order valence-electron chi connectivity index (χ3n) is 6.18. The Hall–Kier alpha value is -1.61. The second-order valence-corrected chi connectivity index (χ2v) is 9.53. The zero-order chi connectivity index (χ0) is 21.6. The molecule has 2 aliphatic rings. The molecule has 1 atom stereocenters. The van der Waals surface area contributed by atoms with Gasteiger partial charge in [0, 0.05) is 40.5 Å². The standard InChI is InChI=1S/C21H22BrClFN3O3/c1-27-20(29)17(24)14(7-11-4-5-13(22)8-15(11)23)18(26-27)19(28)12-9-21(30,10-12)16-3-2-6-25-16/h4-5,8,12,16,25,30H,2-3,6-7,9-10H2,1H3/t12?,16-,21?/m1/s1. The van der Waals surface area contributed by atoms with Crippen LogP contribution in [0, 0.1) is 11.7 Å². The number of nitrogens with one attached hydrogen (secondary N) is 1. The molecule has 0 unspecified atom stereocenters. The van der Waals surface area contributed by atoms with Crippen molar-refractivity contribution >= 4 is 33.3 Å². The van der Waals surface area contributed by atoms with E-state index < -0.39 is 22.9 Å². The number of hydrogen-bond acceptors (Lipinski definition) is 5. The van der Waals surface area contributed by atoms with Crippen LogP contribution in [0.15, 0.2) is 27.5 Å². The minimum Gasteiger partial charge on any atom is -0.388 e. The molecule has 1 aliphatic heterocycles. The number of Topliss-reactive ketones (excluding diaryl/α,β-unsaturated/α-hetero) is 1. The number of aryl methyl sites for hydroxylation is 1. The van der Waals surface area contributed by atoms with Crippen molar-refractivity contribution in [3.8, 4) is 0 Å². The molecule has 1 saturated carbocycles. The van der Waals surface area contributed by atoms with E-state index in [1.54, 1.807) is 18.2 Å². The monoisotopic (exact) mass is 497 g/mol. The summed E-state index contributed by atoms with van der Waals surface area (Å²) in [6, 6.07) is 5.12. The number of aliphatic hydroxyl groups is 1. The van der Waals surface area contributed by atoms with Crippen molar-refractivity contribution in [3.05, 3.63) is 60.7 Å². The predicted molar refractivity (Wildman–Crippen MR) is 114 cm³/mol. The zero-order valence-corrected chi connectivity index (χ0v) is 18.8. The number of hydrogen-bond donors (Lipinski definition) is 2. The van der Waals surface area contributed by atoms with Gasteiger partial charge in [0.2, 0.25) is 0 Å². The summed E-state index contributed by atoms with van der Waals surface area (Å²) in [5.41, 5.74) is -1.36. The number of carbonyl (C=O) groups excluding carboxylic acids is 1. The Morgan fingerprint density at radius 1 is 1.47 bits per heavy atom. The average molecular weight is 499 g/mol. The van der Waals surface area contributed by atoms with Crippen molar-refractivity contribution in [2.24, 2.45) is 13.0 Å². The molecular weight excluding hydrogens is 477 g/mol. The van der Waals surface area contributed by atoms with Gasteiger partial charge in [-0.05, 0) is 49.9 Å². The zero-order valence-electron chi connectivity index (χ0n) is 16.4. The second-order valence-electron chi connectivity index (χ2n) is 8.20. The quantitative estimate of drug-likeness (QED) is 0.619. The lowest BCUT2D eigenvalue weighted by atomic mass is 9.64. The van der Waals surface area contributed by atoms with Crippen molar-refractivity contribution in [2.75, 3.05) is 6.54 Å². The smallest absolute Gasteiger partial charge is 0.302 e. The molecule has 4 rings (SSSR count). The molecule has 0 amide bonds. The van der Waals surface area contributed by atoms with Crippen LogP contribution in [0.25, 0.3) is 0 Å². The summed E-state index contributed by atoms with van der Waals surface area (Å²) in [4.78, 5) is 25.3. The molecule has 6 nitrogen and oxygen atoms in total. The van der Waals surface area contributed by atoms with Crippen LogP contribution in [0.4, 0.5) is 4.39 Å². The van der Waals surface area contributed by atoms with Crippen molar-refractivity contribution < 1.29 is 14.3 Å². The number of halogens is 3. The minimum absolute atomic E-state index is 0.0209. The number of ketones is 1. The van der Waals surface area contributed by atoms with Gasteiger partial charge in [-0.1, -0.05) is 33.6 Å². The number of nitrogens with zero attached hydrogens (tertiary/aromatic N) is 2. The molecule has 9 heteroatoms. The molecule has 30 heavy (non-hydrogen) atoms. The summed E-state index contributed by atoms with van der Waals surface area (Å²) in [6.07, 6.45) is 2.44. The topological polar surface area (TPSA) is 84.2 Å². The summed E-state index contributed by atoms with van der Waals surface area (Å²) in [5.74, 6) is -1.81. The highest BCUT2D eigenvalue weighted by Crippen LogP contribution is 2.44. The Morgan fingerprint density at radius 2 is 2.20 bits per heavy atom. The summed E-state index contributed by atoms with van der Waals surface area (Å²) in [5, 5.41) is 18.6. The van der Waals surface area contributed by atoms with Crippen LogP contribution in [0.2, 0.25) is 5.02 Å². The van der Waals surface area contributed by atoms with Gasteiger partial charge in [0.25, 0.3) is 0 Å². The van der Waals surface area contributed by atoms with E-state index in [1.807, 2.05) is 0 Å². The number of aromatic nitrogens is 2. The largest absolute Gasteiger partial charge is 0.388 e. The van der Waals surface area contributed by atoms with Crippen LogP contribution in [-0.2, 0) is 13.5 Å². The first kappa shape index (κ1) is 21.6. The molecule has 160 valence electrons. The summed E-state index contributed by atoms with van der Waals surface area (Å²) >= 11 is 9.59. The predicted octanol–water partition coefficient (Wildman–Crippen LogP) is 3.00. The molecule has 2 aromatic rings. The Bertz CT molecular complexity index is 1060. The lowest BCUT2D eigenvalue weighted by Crippen LogP contribution is -2.58. The third-order valence-corrected chi connectivity index (χ3v) is 7.02. The van der Waals surface area contributed by atoms with Gasteiger partial charge < -0.3 is 10.4 Å². The fraction of sp³-hybridized carbons (Fsp3) is 0.476. The van der Waals surface area contributed by atoms with Gasteiger partial charge in [-0.25, -0.2) is 9.07 Å². The molecule has 2 fully saturated rings. The summed E-state index contributed by atoms with van der Waals surface area (Å²) < 4.78 is 16.5. The van der Waals surface area contributed by atoms with Crippen LogP contribution >= 0.6 is 27.5 Å². The van der Waals surface area contributed by atoms with Gasteiger partial charge in [-0.2, -0.15) is 5.10 Å². The highest BCUT2D eigenvalue weighted by atomic mass is 79.9. The Morgan fingerprint density at radius 3 is 2.83 bits per heavy atom. The van der Waals surface area contributed by atoms with E-state index >= 15 is 0 Å². The fourth-order valence-corrected chi connectivity index (χ4v) is 5.19. The van der Waals surface area contributed by atoms with Crippen LogP contribution in [0.3, 0.4) is 0 Å². The molecule has 1 aromatic heterocycles. The molecule has 0 spiro atoms. The maximum atomic E-state index is 14.9. The lowest BCUT2D eigenvalue weighted by Gasteiger charge is -2.46. The second kappa shape index (κ2) is 8.15. The first-order valence-corrected chi connectivity index (χ1v) is 11.1. The average Bonchev–Trinajstić information content (AvgIpc) is 3.22. The SMILES string of the molecule is Cn1nc(C(=O)C2CC(O)([C@H]3CCCN3)C2)c(Cc2ccc(Br)cc2Cl)c(F)c1=O. The molecule has 1 saturated heterocycles. The van der Waals surface area contributed by atoms with E-state index in [0.717, 1.165) is 28.5 Å². The van der Waals surface area contributed by atoms with Gasteiger partial charge in [0.15, 0.2) is 11.6 Å². The van der Waals surface area contributed by atoms with Crippen LogP contribution < -0.4 is 10.9 Å². The first-order chi connectivity index (χ1) is 14.2. The molecule has 2 N–H and O–H groups in total. The molecule has 1 aliphatic carbocycles. The van der Waals surface area contributed by atoms with E-state index in [-0.39, 0.29) is 29.5 Å². The summed E-state index contributed by atoms with van der Waals surface area (Å²) in [7, 11) is 1.32. The van der Waals surface area contributed by atoms with Gasteiger partial charge in [0.1, 0.15) is 5.69 Å². The van der Waals surface area contributed by atoms with E-state index in [1.165, 1.54) is 7.05 Å². The summed E-state index contributed by atoms with van der Waals surface area (Å²) in [6.45, 7) is 0.858. The van der Waals surface area contributed by atoms with E-state index in [4.69, 9.17) is 11.6 Å². The third kappa shape index (κ3) is 3.86. The molecule has 1 aromatic carbocycles. The van der Waals surface area contributed by atoms with Gasteiger partial charge in [-0.3, -0.25) is 9.59 Å². The molecule has 2 heterocycles. The Kier molecular flexibility index (Phi) is 5.87. The fourth-order valence-electron chi connectivity index (χ4n) is 4.45. The van der Waals surface area contributed by atoms with E-state index in [0.29, 0.717) is 23.4 Å². The first-order valence-electron chi connectivity index (χ1n) is 9.89. The highest BCUT2D eigenvalue weighted by Gasteiger charge is 2.52. The number of carbonyl (C=O) groups is 1. The van der Waals surface area contributed by atoms with Crippen molar-refractivity contribution in [1.82, 2.24) is 15.1 Å². The Balaban J connectivity index is 1.64. The van der Waals surface area contributed by atoms with Crippen LogP contribution in [-0.4, -0.2) is 38.9 Å². The number of rotatable bonds is 5. The lowest BCUT2D eigenvalue weighted by molar-refractivity contribution is -0.0858. The van der Waals surface area contributed by atoms with E-state index in [9.17, 15) is 19.1 Å². The van der Waals surface area contributed by atoms with Crippen molar-refractivity contribution in [3.63, 3.8) is 0 Å². The van der Waals surface area contributed by atoms with E-state index in [2.05, 4.69) is 26.3 Å². The maximum Gasteiger partial charge on any atom is 0.302 e. The van der Waals surface area contributed by atoms with Crippen molar-refractivity contribution in [2.45, 2.75) is 43.7 Å². The molecular formula is C21H22BrClFN3O3. The van der Waals surface area contributed by atoms with Gasteiger partial charge in [-0.15, -0.1) is 0 Å². The number of benzene rings is 1. The normalized spacial score (nSPS) is 25.9. The van der Waals surface area contributed by atoms with Crippen molar-refractivity contribution in [1.29, 1.82) is 0 Å². The van der Waals surface area contributed by atoms with Gasteiger partial charge >= 0.3 is 5.56 Å². The Labute approximate surface area is 186 Å². The minimum atomic E-state index is -0.998. The molecule has 0 bridgehead atoms. The van der Waals surface area contributed by atoms with Gasteiger partial charge in [0.05, 0.1) is 5.60 Å². The van der Waals surface area contributed by atoms with Crippen LogP contribution in [0.1, 0.15) is 47.3 Å². The molecule has 0 radical (unpaired) electrons. The maximum absolute atomic E-state index is 14.9.